The largest absolute Gasteiger partial charge is 0.505 e. The first-order chi connectivity index (χ1) is 25.5. The number of phenols is 1. The molecule has 0 fully saturated rings. The summed E-state index contributed by atoms with van der Waals surface area (Å²) in [5.41, 5.74) is 9.53. The standard InChI is InChI=1S/C48H43N4O.Pt/c1-47(2,3)34-30-39(48(4,5)6)45(53)43(31-34)52-42-25-17-16-24-37(42)38-26-27-40(50-46(38)52)41-28-33(32-18-10-7-11-19-32)29-44(49-41)51(35-20-12-8-13-21-35)36-22-14-9-15-23-36;/h7-22,24-31,53H,1-6H3;/q-1;. The van der Waals surface area contributed by atoms with Gasteiger partial charge < -0.3 is 10.0 Å². The molecular weight excluding hydrogens is 844 g/mol. The number of phenolic OH excluding ortho intramolecular Hbond substituents is 1. The van der Waals surface area contributed by atoms with Crippen LogP contribution in [0.3, 0.4) is 0 Å². The van der Waals surface area contributed by atoms with Crippen molar-refractivity contribution in [2.45, 2.75) is 52.4 Å². The van der Waals surface area contributed by atoms with Gasteiger partial charge in [0.15, 0.2) is 0 Å². The number of benzene rings is 5. The predicted molar refractivity (Wildman–Crippen MR) is 220 cm³/mol. The minimum Gasteiger partial charge on any atom is -0.505 e. The van der Waals surface area contributed by atoms with E-state index in [0.29, 0.717) is 0 Å². The number of aromatic hydroxyl groups is 1. The van der Waals surface area contributed by atoms with E-state index >= 15 is 0 Å². The van der Waals surface area contributed by atoms with Crippen LogP contribution < -0.4 is 4.90 Å². The van der Waals surface area contributed by atoms with Crippen molar-refractivity contribution >= 4 is 39.1 Å². The molecule has 5 aromatic carbocycles. The second kappa shape index (κ2) is 14.4. The molecule has 5 nitrogen and oxygen atoms in total. The molecule has 1 N–H and O–H groups in total. The number of aromatic nitrogens is 3. The normalized spacial score (nSPS) is 11.8. The van der Waals surface area contributed by atoms with E-state index in [2.05, 4.69) is 154 Å². The maximum atomic E-state index is 12.1. The third-order valence-electron chi connectivity index (χ3n) is 9.89. The monoisotopic (exact) mass is 886 g/mol. The summed E-state index contributed by atoms with van der Waals surface area (Å²) in [5, 5.41) is 14.2. The Bertz CT molecular complexity index is 2550. The van der Waals surface area contributed by atoms with E-state index in [0.717, 1.165) is 78.5 Å². The summed E-state index contributed by atoms with van der Waals surface area (Å²) >= 11 is 0. The molecule has 0 amide bonds. The van der Waals surface area contributed by atoms with Gasteiger partial charge in [0, 0.05) is 43.1 Å². The van der Waals surface area contributed by atoms with Gasteiger partial charge in [-0.15, -0.1) is 6.07 Å². The quantitative estimate of drug-likeness (QED) is 0.169. The molecule has 8 rings (SSSR count). The second-order valence-corrected chi connectivity index (χ2v) is 15.7. The Morgan fingerprint density at radius 2 is 1.30 bits per heavy atom. The van der Waals surface area contributed by atoms with E-state index in [1.165, 1.54) is 0 Å². The molecule has 0 spiro atoms. The van der Waals surface area contributed by atoms with E-state index < -0.39 is 0 Å². The van der Waals surface area contributed by atoms with Crippen molar-refractivity contribution in [1.82, 2.24) is 14.5 Å². The molecule has 0 saturated heterocycles. The fourth-order valence-corrected chi connectivity index (χ4v) is 7.07. The number of nitrogens with zero attached hydrogens (tertiary/aromatic N) is 4. The maximum absolute atomic E-state index is 12.1. The van der Waals surface area contributed by atoms with Crippen LogP contribution in [0, 0.1) is 6.07 Å². The Balaban J connectivity index is 0.00000450. The smallest absolute Gasteiger partial charge is 0.146 e. The molecule has 0 bridgehead atoms. The minimum absolute atomic E-state index is 0. The van der Waals surface area contributed by atoms with Crippen molar-refractivity contribution in [2.24, 2.45) is 0 Å². The SMILES string of the molecule is CC(C)(C)c1cc(-n2c3ccccc3c3ccc(-c4cc(-c5ccccc5)cc(N(c5[c-]cccc5)c5ccccc5)n4)nc32)c(O)c(C(C)(C)C)c1.[Pt]. The van der Waals surface area contributed by atoms with Crippen LogP contribution in [0.4, 0.5) is 17.2 Å². The minimum atomic E-state index is -0.281. The molecular formula is C48H43N4OPt-. The van der Waals surface area contributed by atoms with E-state index in [-0.39, 0.29) is 37.6 Å². The Hall–Kier alpha value is -5.51. The average Bonchev–Trinajstić information content (AvgIpc) is 3.49. The summed E-state index contributed by atoms with van der Waals surface area (Å²) in [6, 6.07) is 53.2. The number of fused-ring (bicyclic) bond motifs is 3. The van der Waals surface area contributed by atoms with E-state index in [1.807, 2.05) is 48.5 Å². The Morgan fingerprint density at radius 3 is 1.98 bits per heavy atom. The predicted octanol–water partition coefficient (Wildman–Crippen LogP) is 12.5. The molecule has 0 atom stereocenters. The molecule has 3 heterocycles. The van der Waals surface area contributed by atoms with Gasteiger partial charge in [-0.1, -0.05) is 120 Å². The number of para-hydroxylation sites is 3. The molecule has 0 aliphatic carbocycles. The molecule has 6 heteroatoms. The fourth-order valence-electron chi connectivity index (χ4n) is 7.07. The fraction of sp³-hybridized carbons (Fsp3) is 0.167. The summed E-state index contributed by atoms with van der Waals surface area (Å²) in [6.07, 6.45) is 0. The maximum Gasteiger partial charge on any atom is 0.146 e. The summed E-state index contributed by atoms with van der Waals surface area (Å²) in [6.45, 7) is 13.1. The van der Waals surface area contributed by atoms with Gasteiger partial charge in [0.1, 0.15) is 17.2 Å². The van der Waals surface area contributed by atoms with Crippen molar-refractivity contribution in [2.75, 3.05) is 4.90 Å². The van der Waals surface area contributed by atoms with Gasteiger partial charge in [0.05, 0.1) is 22.6 Å². The molecule has 0 unspecified atom stereocenters. The van der Waals surface area contributed by atoms with Crippen LogP contribution in [-0.2, 0) is 31.9 Å². The molecule has 272 valence electrons. The van der Waals surface area contributed by atoms with Gasteiger partial charge in [-0.05, 0) is 76.1 Å². The molecule has 8 aromatic rings. The summed E-state index contributed by atoms with van der Waals surface area (Å²) in [7, 11) is 0. The van der Waals surface area contributed by atoms with Crippen molar-refractivity contribution in [3.8, 4) is 34.0 Å². The zero-order valence-electron chi connectivity index (χ0n) is 31.4. The number of rotatable bonds is 6. The van der Waals surface area contributed by atoms with Crippen LogP contribution in [0.15, 0.2) is 146 Å². The zero-order chi connectivity index (χ0) is 36.9. The number of hydrogen-bond acceptors (Lipinski definition) is 4. The number of hydrogen-bond donors (Lipinski definition) is 1. The van der Waals surface area contributed by atoms with Crippen LogP contribution >= 0.6 is 0 Å². The van der Waals surface area contributed by atoms with Crippen molar-refractivity contribution in [3.63, 3.8) is 0 Å². The third kappa shape index (κ3) is 6.85. The molecule has 54 heavy (non-hydrogen) atoms. The molecule has 0 saturated carbocycles. The van der Waals surface area contributed by atoms with E-state index in [4.69, 9.17) is 9.97 Å². The number of pyridine rings is 2. The summed E-state index contributed by atoms with van der Waals surface area (Å²) < 4.78 is 2.13. The molecule has 0 aliphatic heterocycles. The first-order valence-corrected chi connectivity index (χ1v) is 18.2. The topological polar surface area (TPSA) is 54.2 Å². The van der Waals surface area contributed by atoms with Gasteiger partial charge in [-0.3, -0.25) is 4.57 Å². The second-order valence-electron chi connectivity index (χ2n) is 15.7. The van der Waals surface area contributed by atoms with Crippen molar-refractivity contribution in [1.29, 1.82) is 0 Å². The van der Waals surface area contributed by atoms with Crippen molar-refractivity contribution in [3.05, 3.63) is 163 Å². The Morgan fingerprint density at radius 1 is 0.611 bits per heavy atom. The third-order valence-corrected chi connectivity index (χ3v) is 9.89. The van der Waals surface area contributed by atoms with Crippen LogP contribution in [0.5, 0.6) is 5.75 Å². The van der Waals surface area contributed by atoms with E-state index in [9.17, 15) is 5.11 Å². The first kappa shape index (κ1) is 36.8. The van der Waals surface area contributed by atoms with Gasteiger partial charge in [-0.2, -0.15) is 24.3 Å². The Labute approximate surface area is 332 Å². The first-order valence-electron chi connectivity index (χ1n) is 18.2. The van der Waals surface area contributed by atoms with Crippen molar-refractivity contribution < 1.29 is 26.2 Å². The number of anilines is 3. The van der Waals surface area contributed by atoms with Crippen LogP contribution in [0.1, 0.15) is 52.7 Å². The Kier molecular flexibility index (Phi) is 9.81. The van der Waals surface area contributed by atoms with Crippen LogP contribution in [0.2, 0.25) is 0 Å². The van der Waals surface area contributed by atoms with Gasteiger partial charge in [0.2, 0.25) is 0 Å². The summed E-state index contributed by atoms with van der Waals surface area (Å²) in [4.78, 5) is 12.9. The van der Waals surface area contributed by atoms with E-state index in [1.54, 1.807) is 0 Å². The molecule has 3 aromatic heterocycles. The van der Waals surface area contributed by atoms with Crippen LogP contribution in [0.25, 0.3) is 50.1 Å². The van der Waals surface area contributed by atoms with Gasteiger partial charge in [0.25, 0.3) is 0 Å². The average molecular weight is 887 g/mol. The van der Waals surface area contributed by atoms with Gasteiger partial charge in [-0.25, -0.2) is 9.97 Å². The van der Waals surface area contributed by atoms with Crippen LogP contribution in [-0.4, -0.2) is 19.6 Å². The summed E-state index contributed by atoms with van der Waals surface area (Å²) in [5.74, 6) is 1.02. The van der Waals surface area contributed by atoms with Gasteiger partial charge >= 0.3 is 0 Å². The molecule has 0 radical (unpaired) electrons. The molecule has 0 aliphatic rings. The zero-order valence-corrected chi connectivity index (χ0v) is 33.7.